The number of rotatable bonds is 7. The molecule has 7 nitrogen and oxygen atoms in total. The lowest BCUT2D eigenvalue weighted by Gasteiger charge is -2.26. The number of nitrogens with zero attached hydrogens (tertiary/aromatic N) is 1. The lowest BCUT2D eigenvalue weighted by atomic mass is 10.1. The minimum absolute atomic E-state index is 0.0458. The number of sulfonamides is 1. The lowest BCUT2D eigenvalue weighted by Crippen LogP contribution is -2.48. The molecule has 2 unspecified atom stereocenters. The van der Waals surface area contributed by atoms with Crippen molar-refractivity contribution in [2.45, 2.75) is 70.4 Å². The maximum absolute atomic E-state index is 13.3. The summed E-state index contributed by atoms with van der Waals surface area (Å²) in [5.74, 6) is -1.29. The molecule has 1 saturated heterocycles. The fourth-order valence-electron chi connectivity index (χ4n) is 3.73. The van der Waals surface area contributed by atoms with Crippen molar-refractivity contribution in [3.05, 3.63) is 28.8 Å². The van der Waals surface area contributed by atoms with Crippen LogP contribution < -0.4 is 5.32 Å². The number of hydrogen-bond acceptors (Lipinski definition) is 4. The molecule has 8 heteroatoms. The molecule has 0 bridgehead atoms. The monoisotopic (exact) mass is 396 g/mol. The van der Waals surface area contributed by atoms with Gasteiger partial charge in [-0.05, 0) is 58.1 Å². The highest BCUT2D eigenvalue weighted by Crippen LogP contribution is 2.30. The number of nitrogens with one attached hydrogen (secondary N) is 1. The summed E-state index contributed by atoms with van der Waals surface area (Å²) in [6, 6.07) is 2.57. The van der Waals surface area contributed by atoms with E-state index in [1.165, 1.54) is 4.31 Å². The third-order valence-electron chi connectivity index (χ3n) is 4.86. The van der Waals surface area contributed by atoms with Crippen LogP contribution in [0.15, 0.2) is 17.0 Å². The van der Waals surface area contributed by atoms with Gasteiger partial charge in [-0.2, -0.15) is 4.31 Å². The molecule has 150 valence electrons. The number of carbonyl (C=O) groups excluding carboxylic acids is 1. The standard InChI is InChI=1S/C19H28N2O5S/c1-12-10-13(2)18(14(3)11-12)27(25,26)21-9-5-6-16(21)19(24)20-15(4)7-8-17(22)23/h10-11,15-16H,5-9H2,1-4H3,(H,20,24)(H,22,23). The zero-order valence-corrected chi connectivity index (χ0v) is 17.1. The molecule has 1 fully saturated rings. The van der Waals surface area contributed by atoms with Crippen LogP contribution in [0.3, 0.4) is 0 Å². The Morgan fingerprint density at radius 2 is 1.85 bits per heavy atom. The summed E-state index contributed by atoms with van der Waals surface area (Å²) in [4.78, 5) is 23.6. The Morgan fingerprint density at radius 3 is 2.41 bits per heavy atom. The first-order valence-electron chi connectivity index (χ1n) is 9.16. The molecule has 0 radical (unpaired) electrons. The minimum Gasteiger partial charge on any atom is -0.481 e. The average molecular weight is 397 g/mol. The molecule has 0 saturated carbocycles. The SMILES string of the molecule is Cc1cc(C)c(S(=O)(=O)N2CCCC2C(=O)NC(C)CCC(=O)O)c(C)c1. The van der Waals surface area contributed by atoms with E-state index in [0.29, 0.717) is 36.9 Å². The van der Waals surface area contributed by atoms with Gasteiger partial charge in [-0.1, -0.05) is 17.7 Å². The Balaban J connectivity index is 2.22. The molecule has 1 aromatic carbocycles. The fraction of sp³-hybridized carbons (Fsp3) is 0.579. The highest BCUT2D eigenvalue weighted by molar-refractivity contribution is 7.89. The van der Waals surface area contributed by atoms with Crippen LogP contribution >= 0.6 is 0 Å². The van der Waals surface area contributed by atoms with Crippen molar-refractivity contribution in [1.82, 2.24) is 9.62 Å². The van der Waals surface area contributed by atoms with Crippen molar-refractivity contribution in [3.8, 4) is 0 Å². The Kier molecular flexibility index (Phi) is 6.64. The number of carboxylic acids is 1. The Morgan fingerprint density at radius 1 is 1.26 bits per heavy atom. The van der Waals surface area contributed by atoms with Gasteiger partial charge in [0, 0.05) is 19.0 Å². The molecule has 1 heterocycles. The van der Waals surface area contributed by atoms with E-state index in [0.717, 1.165) is 5.56 Å². The number of aliphatic carboxylic acids is 1. The van der Waals surface area contributed by atoms with Crippen LogP contribution in [0.25, 0.3) is 0 Å². The van der Waals surface area contributed by atoms with Gasteiger partial charge in [0.1, 0.15) is 6.04 Å². The number of aryl methyl sites for hydroxylation is 3. The topological polar surface area (TPSA) is 104 Å². The van der Waals surface area contributed by atoms with Gasteiger partial charge in [0.05, 0.1) is 4.90 Å². The lowest BCUT2D eigenvalue weighted by molar-refractivity contribution is -0.137. The molecular formula is C19H28N2O5S. The predicted molar refractivity (Wildman–Crippen MR) is 102 cm³/mol. The third-order valence-corrected chi connectivity index (χ3v) is 7.07. The molecule has 27 heavy (non-hydrogen) atoms. The van der Waals surface area contributed by atoms with Gasteiger partial charge in [0.2, 0.25) is 15.9 Å². The van der Waals surface area contributed by atoms with E-state index in [1.54, 1.807) is 20.8 Å². The molecule has 2 rings (SSSR count). The van der Waals surface area contributed by atoms with E-state index < -0.39 is 22.0 Å². The normalized spacial score (nSPS) is 19.0. The predicted octanol–water partition coefficient (Wildman–Crippen LogP) is 2.13. The highest BCUT2D eigenvalue weighted by Gasteiger charge is 2.40. The summed E-state index contributed by atoms with van der Waals surface area (Å²) in [6.45, 7) is 7.48. The zero-order valence-electron chi connectivity index (χ0n) is 16.3. The Hall–Kier alpha value is -1.93. The smallest absolute Gasteiger partial charge is 0.303 e. The van der Waals surface area contributed by atoms with E-state index >= 15 is 0 Å². The first-order chi connectivity index (χ1) is 12.5. The molecule has 1 aliphatic heterocycles. The van der Waals surface area contributed by atoms with Gasteiger partial charge in [-0.15, -0.1) is 0 Å². The molecule has 1 aliphatic rings. The van der Waals surface area contributed by atoms with Crippen LogP contribution in [0.1, 0.15) is 49.3 Å². The van der Waals surface area contributed by atoms with Crippen LogP contribution in [0.5, 0.6) is 0 Å². The third kappa shape index (κ3) is 4.87. The number of benzene rings is 1. The van der Waals surface area contributed by atoms with Crippen molar-refractivity contribution in [1.29, 1.82) is 0 Å². The van der Waals surface area contributed by atoms with Gasteiger partial charge in [-0.25, -0.2) is 8.42 Å². The largest absolute Gasteiger partial charge is 0.481 e. The summed E-state index contributed by atoms with van der Waals surface area (Å²) in [5, 5.41) is 11.5. The van der Waals surface area contributed by atoms with Crippen LogP contribution in [-0.2, 0) is 19.6 Å². The van der Waals surface area contributed by atoms with Gasteiger partial charge in [-0.3, -0.25) is 9.59 Å². The van der Waals surface area contributed by atoms with E-state index in [4.69, 9.17) is 5.11 Å². The van der Waals surface area contributed by atoms with Crippen molar-refractivity contribution >= 4 is 21.9 Å². The second-order valence-corrected chi connectivity index (χ2v) is 9.17. The highest BCUT2D eigenvalue weighted by atomic mass is 32.2. The van der Waals surface area contributed by atoms with Crippen molar-refractivity contribution < 1.29 is 23.1 Å². The fourth-order valence-corrected chi connectivity index (χ4v) is 5.80. The van der Waals surface area contributed by atoms with E-state index in [9.17, 15) is 18.0 Å². The average Bonchev–Trinajstić information content (AvgIpc) is 3.02. The maximum Gasteiger partial charge on any atom is 0.303 e. The number of hydrogen-bond donors (Lipinski definition) is 2. The van der Waals surface area contributed by atoms with Gasteiger partial charge < -0.3 is 10.4 Å². The van der Waals surface area contributed by atoms with Gasteiger partial charge >= 0.3 is 5.97 Å². The summed E-state index contributed by atoms with van der Waals surface area (Å²) >= 11 is 0. The van der Waals surface area contributed by atoms with Crippen LogP contribution in [0, 0.1) is 20.8 Å². The second kappa shape index (κ2) is 8.39. The molecule has 1 amide bonds. The number of carboxylic acid groups (broad SMARTS) is 1. The van der Waals surface area contributed by atoms with E-state index in [-0.39, 0.29) is 23.3 Å². The van der Waals surface area contributed by atoms with Crippen LogP contribution in [0.4, 0.5) is 0 Å². The number of amides is 1. The summed E-state index contributed by atoms with van der Waals surface area (Å²) in [5.41, 5.74) is 2.34. The van der Waals surface area contributed by atoms with Crippen molar-refractivity contribution in [2.75, 3.05) is 6.54 Å². The molecule has 0 aliphatic carbocycles. The number of carbonyl (C=O) groups is 2. The van der Waals surface area contributed by atoms with E-state index in [2.05, 4.69) is 5.32 Å². The van der Waals surface area contributed by atoms with Crippen molar-refractivity contribution in [2.24, 2.45) is 0 Å². The van der Waals surface area contributed by atoms with Crippen LogP contribution in [-0.4, -0.2) is 48.3 Å². The first-order valence-corrected chi connectivity index (χ1v) is 10.6. The molecular weight excluding hydrogens is 368 g/mol. The first kappa shape index (κ1) is 21.4. The summed E-state index contributed by atoms with van der Waals surface area (Å²) < 4.78 is 27.8. The van der Waals surface area contributed by atoms with Gasteiger partial charge in [0.15, 0.2) is 0 Å². The maximum atomic E-state index is 13.3. The summed E-state index contributed by atoms with van der Waals surface area (Å²) in [7, 11) is -3.79. The second-order valence-electron chi connectivity index (χ2n) is 7.34. The Bertz CT molecular complexity index is 811. The minimum atomic E-state index is -3.79. The molecule has 0 spiro atoms. The Labute approximate surface area is 160 Å². The zero-order chi connectivity index (χ0) is 20.4. The summed E-state index contributed by atoms with van der Waals surface area (Å²) in [6.07, 6.45) is 1.33. The molecule has 1 aromatic rings. The van der Waals surface area contributed by atoms with E-state index in [1.807, 2.05) is 19.1 Å². The van der Waals surface area contributed by atoms with Gasteiger partial charge in [0.25, 0.3) is 0 Å². The molecule has 2 N–H and O–H groups in total. The quantitative estimate of drug-likeness (QED) is 0.735. The molecule has 2 atom stereocenters. The molecule has 0 aromatic heterocycles. The van der Waals surface area contributed by atoms with Crippen molar-refractivity contribution in [3.63, 3.8) is 0 Å². The van der Waals surface area contributed by atoms with Crippen LogP contribution in [0.2, 0.25) is 0 Å².